The highest BCUT2D eigenvalue weighted by Gasteiger charge is 2.61. The molecular formula is C40H35NO8. The number of amides is 2. The van der Waals surface area contributed by atoms with E-state index in [1.165, 1.54) is 36.3 Å². The third-order valence-corrected chi connectivity index (χ3v) is 9.86. The lowest BCUT2D eigenvalue weighted by molar-refractivity contribution is -0.143. The fraction of sp³-hybridized carbons (Fsp3) is 0.275. The van der Waals surface area contributed by atoms with Crippen LogP contribution in [0.3, 0.4) is 0 Å². The van der Waals surface area contributed by atoms with Gasteiger partial charge in [-0.25, -0.2) is 4.79 Å². The molecule has 2 unspecified atom stereocenters. The van der Waals surface area contributed by atoms with Gasteiger partial charge in [-0.2, -0.15) is 0 Å². The summed E-state index contributed by atoms with van der Waals surface area (Å²) < 4.78 is 15.7. The molecule has 0 radical (unpaired) electrons. The molecule has 9 heteroatoms. The zero-order valence-corrected chi connectivity index (χ0v) is 27.0. The van der Waals surface area contributed by atoms with Gasteiger partial charge >= 0.3 is 11.9 Å². The zero-order valence-electron chi connectivity index (χ0n) is 27.0. The number of carbonyl (C=O) groups excluding carboxylic acids is 5. The van der Waals surface area contributed by atoms with Crippen molar-refractivity contribution in [1.82, 2.24) is 4.90 Å². The molecule has 4 aromatic rings. The van der Waals surface area contributed by atoms with Crippen LogP contribution in [0.2, 0.25) is 0 Å². The molecule has 0 aromatic heterocycles. The molecule has 248 valence electrons. The number of likely N-dealkylation sites (tertiary alicyclic amines) is 1. The summed E-state index contributed by atoms with van der Waals surface area (Å²) in [4.78, 5) is 66.3. The molecule has 0 N–H and O–H groups in total. The lowest BCUT2D eigenvalue weighted by atomic mass is 9.55. The number of rotatable bonds is 12. The number of unbranched alkanes of at least 4 members (excludes halogenated alkanes) is 2. The third kappa shape index (κ3) is 6.01. The number of ketones is 1. The molecule has 1 fully saturated rings. The first-order valence-electron chi connectivity index (χ1n) is 16.5. The fourth-order valence-corrected chi connectivity index (χ4v) is 7.60. The Bertz CT molecular complexity index is 1830. The van der Waals surface area contributed by atoms with Crippen molar-refractivity contribution >= 4 is 29.5 Å². The highest BCUT2D eigenvalue weighted by Crippen LogP contribution is 2.60. The number of methoxy groups -OCH3 is 1. The number of imide groups is 1. The third-order valence-electron chi connectivity index (χ3n) is 9.86. The molecule has 1 saturated heterocycles. The van der Waals surface area contributed by atoms with Crippen molar-refractivity contribution in [2.24, 2.45) is 11.8 Å². The van der Waals surface area contributed by atoms with E-state index in [1.54, 1.807) is 24.3 Å². The summed E-state index contributed by atoms with van der Waals surface area (Å²) >= 11 is 0. The predicted octanol–water partition coefficient (Wildman–Crippen LogP) is 6.09. The molecule has 0 spiro atoms. The minimum atomic E-state index is -0.563. The Hall–Kier alpha value is -5.57. The lowest BCUT2D eigenvalue weighted by Crippen LogP contribution is -2.41. The second-order valence-corrected chi connectivity index (χ2v) is 12.6. The molecule has 2 amide bonds. The van der Waals surface area contributed by atoms with Crippen molar-refractivity contribution in [3.8, 4) is 11.5 Å². The summed E-state index contributed by atoms with van der Waals surface area (Å²) in [6.07, 6.45) is 1.83. The number of esters is 2. The van der Waals surface area contributed by atoms with E-state index in [-0.39, 0.29) is 53.4 Å². The molecule has 0 saturated carbocycles. The van der Waals surface area contributed by atoms with Gasteiger partial charge in [-0.1, -0.05) is 61.0 Å². The Labute approximate surface area is 283 Å². The van der Waals surface area contributed by atoms with Crippen molar-refractivity contribution in [3.63, 3.8) is 0 Å². The molecule has 4 aliphatic rings. The van der Waals surface area contributed by atoms with Crippen LogP contribution in [0.5, 0.6) is 11.5 Å². The minimum absolute atomic E-state index is 0.102. The van der Waals surface area contributed by atoms with Gasteiger partial charge in [0.25, 0.3) is 0 Å². The largest absolute Gasteiger partial charge is 0.497 e. The summed E-state index contributed by atoms with van der Waals surface area (Å²) in [5.74, 6) is -1.88. The van der Waals surface area contributed by atoms with Crippen LogP contribution in [0, 0.1) is 11.8 Å². The van der Waals surface area contributed by atoms with E-state index in [0.29, 0.717) is 42.7 Å². The topological polar surface area (TPSA) is 116 Å². The van der Waals surface area contributed by atoms with Gasteiger partial charge in [0.1, 0.15) is 11.5 Å². The minimum Gasteiger partial charge on any atom is -0.497 e. The molecule has 8 rings (SSSR count). The summed E-state index contributed by atoms with van der Waals surface area (Å²) in [5, 5.41) is 0. The number of Topliss-reactive ketones (excluding diaryl/α,β-unsaturated/α-hetero) is 1. The van der Waals surface area contributed by atoms with E-state index in [4.69, 9.17) is 14.2 Å². The van der Waals surface area contributed by atoms with Crippen LogP contribution in [0.25, 0.3) is 0 Å². The first-order chi connectivity index (χ1) is 23.9. The smallest absolute Gasteiger partial charge is 0.343 e. The molecule has 9 nitrogen and oxygen atoms in total. The summed E-state index contributed by atoms with van der Waals surface area (Å²) in [5.41, 5.74) is 5.23. The van der Waals surface area contributed by atoms with Gasteiger partial charge in [0, 0.05) is 30.4 Å². The van der Waals surface area contributed by atoms with E-state index in [0.717, 1.165) is 22.3 Å². The molecule has 1 aliphatic heterocycles. The van der Waals surface area contributed by atoms with Crippen molar-refractivity contribution in [2.75, 3.05) is 20.3 Å². The van der Waals surface area contributed by atoms with Gasteiger partial charge in [-0.15, -0.1) is 0 Å². The monoisotopic (exact) mass is 657 g/mol. The highest BCUT2D eigenvalue weighted by atomic mass is 16.5. The first-order valence-corrected chi connectivity index (χ1v) is 16.5. The Morgan fingerprint density at radius 2 is 1.24 bits per heavy atom. The molecule has 3 aliphatic carbocycles. The van der Waals surface area contributed by atoms with Crippen LogP contribution in [0.4, 0.5) is 0 Å². The predicted molar refractivity (Wildman–Crippen MR) is 178 cm³/mol. The average molecular weight is 658 g/mol. The van der Waals surface area contributed by atoms with Gasteiger partial charge in [0.15, 0.2) is 12.4 Å². The second-order valence-electron chi connectivity index (χ2n) is 12.6. The van der Waals surface area contributed by atoms with E-state index < -0.39 is 18.5 Å². The summed E-state index contributed by atoms with van der Waals surface area (Å²) in [6.45, 7) is -0.0936. The van der Waals surface area contributed by atoms with Crippen LogP contribution < -0.4 is 9.47 Å². The van der Waals surface area contributed by atoms with E-state index >= 15 is 0 Å². The summed E-state index contributed by atoms with van der Waals surface area (Å²) in [7, 11) is 1.51. The molecule has 4 aromatic carbocycles. The number of benzene rings is 4. The van der Waals surface area contributed by atoms with Crippen molar-refractivity contribution in [2.45, 2.75) is 37.5 Å². The Kier molecular flexibility index (Phi) is 8.82. The van der Waals surface area contributed by atoms with Gasteiger partial charge < -0.3 is 14.2 Å². The standard InChI is InChI=1S/C40H35NO8/c1-47-27-11-9-10-25(22-27)40(46)49-26-19-17-24(18-20-26)32(42)23-48-33(43)16-3-2-8-21-41-38(44)36-34-28-12-4-5-13-29(28)35(37(36)39(41)45)31-15-7-6-14-30(31)34/h4-7,9-15,17-20,22,34-37H,2-3,8,16,21,23H2,1H3. The summed E-state index contributed by atoms with van der Waals surface area (Å²) in [6, 6.07) is 28.9. The Morgan fingerprint density at radius 3 is 1.82 bits per heavy atom. The average Bonchev–Trinajstić information content (AvgIpc) is 3.39. The number of carbonyl (C=O) groups is 5. The van der Waals surface area contributed by atoms with E-state index in [2.05, 4.69) is 24.3 Å². The molecule has 49 heavy (non-hydrogen) atoms. The molecule has 1 heterocycles. The van der Waals surface area contributed by atoms with E-state index in [1.807, 2.05) is 24.3 Å². The van der Waals surface area contributed by atoms with Gasteiger partial charge in [0.2, 0.25) is 11.8 Å². The first kappa shape index (κ1) is 32.0. The van der Waals surface area contributed by atoms with Crippen molar-refractivity contribution < 1.29 is 38.2 Å². The van der Waals surface area contributed by atoms with Crippen LogP contribution >= 0.6 is 0 Å². The molecular weight excluding hydrogens is 622 g/mol. The number of ether oxygens (including phenoxy) is 3. The SMILES string of the molecule is COc1cccc(C(=O)Oc2ccc(C(=O)COC(=O)CCCCCN3C(=O)C4C5c6ccccc6C(c6ccccc65)C4C3=O)cc2)c1. The normalized spacial score (nSPS) is 19.9. The van der Waals surface area contributed by atoms with Crippen LogP contribution in [0.1, 0.15) is 80.5 Å². The quantitative estimate of drug-likeness (QED) is 0.0591. The maximum atomic E-state index is 13.7. The lowest BCUT2D eigenvalue weighted by Gasteiger charge is -2.45. The fourth-order valence-electron chi connectivity index (χ4n) is 7.60. The number of hydrogen-bond acceptors (Lipinski definition) is 8. The second kappa shape index (κ2) is 13.5. The maximum absolute atomic E-state index is 13.7. The Balaban J connectivity index is 0.857. The van der Waals surface area contributed by atoms with Crippen molar-refractivity contribution in [1.29, 1.82) is 0 Å². The van der Waals surface area contributed by atoms with Gasteiger partial charge in [-0.05, 0) is 77.6 Å². The maximum Gasteiger partial charge on any atom is 0.343 e. The van der Waals surface area contributed by atoms with Crippen molar-refractivity contribution in [3.05, 3.63) is 130 Å². The van der Waals surface area contributed by atoms with Gasteiger partial charge in [-0.3, -0.25) is 24.1 Å². The number of hydrogen-bond donors (Lipinski definition) is 0. The molecule has 2 bridgehead atoms. The number of nitrogens with zero attached hydrogens (tertiary/aromatic N) is 1. The highest BCUT2D eigenvalue weighted by molar-refractivity contribution is 6.07. The van der Waals surface area contributed by atoms with Gasteiger partial charge in [0.05, 0.1) is 24.5 Å². The zero-order chi connectivity index (χ0) is 34.1. The van der Waals surface area contributed by atoms with E-state index in [9.17, 15) is 24.0 Å². The Morgan fingerprint density at radius 1 is 0.653 bits per heavy atom. The molecule has 2 atom stereocenters. The van der Waals surface area contributed by atoms with Crippen LogP contribution in [-0.4, -0.2) is 54.7 Å². The van der Waals surface area contributed by atoms with Crippen LogP contribution in [0.15, 0.2) is 97.1 Å². The van der Waals surface area contributed by atoms with Crippen LogP contribution in [-0.2, 0) is 19.1 Å².